The Morgan fingerprint density at radius 1 is 1.12 bits per heavy atom. The van der Waals surface area contributed by atoms with Crippen LogP contribution in [-0.2, 0) is 22.4 Å². The van der Waals surface area contributed by atoms with Crippen LogP contribution in [0.1, 0.15) is 30.9 Å². The van der Waals surface area contributed by atoms with Crippen molar-refractivity contribution in [3.63, 3.8) is 0 Å². The van der Waals surface area contributed by atoms with Gasteiger partial charge in [0.1, 0.15) is 5.78 Å². The van der Waals surface area contributed by atoms with Gasteiger partial charge in [-0.1, -0.05) is 31.2 Å². The van der Waals surface area contributed by atoms with E-state index in [0.29, 0.717) is 55.3 Å². The molecule has 1 aliphatic rings. The number of benzene rings is 1. The highest BCUT2D eigenvalue weighted by atomic mass is 16.5. The first-order chi connectivity index (χ1) is 16.5. The normalized spacial score (nSPS) is 15.4. The lowest BCUT2D eigenvalue weighted by molar-refractivity contribution is -0.132. The SMILES string of the molecule is CC1(C(=O)Cc2ccc(CCNc3nc(N)n4nc(-c5ccco5)nc4n3)cc2)CCOCC1. The van der Waals surface area contributed by atoms with Crippen molar-refractivity contribution in [2.75, 3.05) is 30.8 Å². The highest BCUT2D eigenvalue weighted by Crippen LogP contribution is 2.32. The minimum Gasteiger partial charge on any atom is -0.461 e. The lowest BCUT2D eigenvalue weighted by Gasteiger charge is -2.32. The molecule has 0 amide bonds. The van der Waals surface area contributed by atoms with Gasteiger partial charge in [-0.25, -0.2) is 0 Å². The number of Topliss-reactive ketones (excluding diaryl/α,β-unsaturated/α-hetero) is 1. The molecule has 3 aromatic heterocycles. The van der Waals surface area contributed by atoms with Gasteiger partial charge < -0.3 is 20.2 Å². The van der Waals surface area contributed by atoms with E-state index in [-0.39, 0.29) is 11.4 Å². The van der Waals surface area contributed by atoms with Gasteiger partial charge >= 0.3 is 0 Å². The van der Waals surface area contributed by atoms with Crippen LogP contribution in [0.5, 0.6) is 0 Å². The summed E-state index contributed by atoms with van der Waals surface area (Å²) in [4.78, 5) is 25.8. The standard InChI is InChI=1S/C24H27N7O3/c1-24(9-13-33-14-10-24)19(32)15-17-6-4-16(5-7-17)8-11-26-22-28-21(25)31-23(29-22)27-20(30-31)18-3-2-12-34-18/h2-7,12H,8-11,13-15H2,1H3,(H3,25,26,27,28,29,30). The van der Waals surface area contributed by atoms with Gasteiger partial charge in [-0.15, -0.1) is 5.10 Å². The molecule has 10 nitrogen and oxygen atoms in total. The number of nitrogens with two attached hydrogens (primary N) is 1. The number of carbonyl (C=O) groups is 1. The lowest BCUT2D eigenvalue weighted by Crippen LogP contribution is -2.35. The number of aromatic nitrogens is 5. The molecule has 3 N–H and O–H groups in total. The van der Waals surface area contributed by atoms with Crippen molar-refractivity contribution in [1.29, 1.82) is 0 Å². The topological polar surface area (TPSA) is 133 Å². The fraction of sp³-hybridized carbons (Fsp3) is 0.375. The maximum atomic E-state index is 12.8. The second-order valence-corrected chi connectivity index (χ2v) is 8.80. The molecule has 0 saturated carbocycles. The summed E-state index contributed by atoms with van der Waals surface area (Å²) in [5, 5.41) is 7.48. The fourth-order valence-corrected chi connectivity index (χ4v) is 4.04. The number of nitrogen functional groups attached to an aromatic ring is 1. The zero-order valence-corrected chi connectivity index (χ0v) is 19.0. The van der Waals surface area contributed by atoms with Crippen LogP contribution in [0.4, 0.5) is 11.9 Å². The Hall–Kier alpha value is -3.79. The van der Waals surface area contributed by atoms with E-state index in [2.05, 4.69) is 44.4 Å². The first-order valence-corrected chi connectivity index (χ1v) is 11.4. The second-order valence-electron chi connectivity index (χ2n) is 8.80. The fourth-order valence-electron chi connectivity index (χ4n) is 4.04. The van der Waals surface area contributed by atoms with Gasteiger partial charge in [0.2, 0.25) is 17.7 Å². The first-order valence-electron chi connectivity index (χ1n) is 11.4. The number of hydrogen-bond donors (Lipinski definition) is 2. The van der Waals surface area contributed by atoms with Crippen molar-refractivity contribution >= 4 is 23.5 Å². The van der Waals surface area contributed by atoms with Crippen molar-refractivity contribution in [1.82, 2.24) is 24.6 Å². The predicted octanol–water partition coefficient (Wildman–Crippen LogP) is 2.94. The predicted molar refractivity (Wildman–Crippen MR) is 126 cm³/mol. The number of rotatable bonds is 8. The molecule has 5 rings (SSSR count). The molecule has 176 valence electrons. The van der Waals surface area contributed by atoms with E-state index in [1.54, 1.807) is 18.4 Å². The summed E-state index contributed by atoms with van der Waals surface area (Å²) in [5.41, 5.74) is 7.95. The highest BCUT2D eigenvalue weighted by Gasteiger charge is 2.34. The van der Waals surface area contributed by atoms with E-state index < -0.39 is 0 Å². The van der Waals surface area contributed by atoms with Crippen molar-refractivity contribution in [3.05, 3.63) is 53.8 Å². The van der Waals surface area contributed by atoms with E-state index in [9.17, 15) is 4.79 Å². The van der Waals surface area contributed by atoms with Crippen molar-refractivity contribution in [3.8, 4) is 11.6 Å². The number of ketones is 1. The van der Waals surface area contributed by atoms with Crippen LogP contribution in [0.3, 0.4) is 0 Å². The number of fused-ring (bicyclic) bond motifs is 1. The quantitative estimate of drug-likeness (QED) is 0.406. The highest BCUT2D eigenvalue weighted by molar-refractivity contribution is 5.86. The number of carbonyl (C=O) groups excluding carboxylic acids is 1. The summed E-state index contributed by atoms with van der Waals surface area (Å²) in [5.74, 6) is 2.13. The van der Waals surface area contributed by atoms with Crippen LogP contribution >= 0.6 is 0 Å². The molecule has 1 saturated heterocycles. The van der Waals surface area contributed by atoms with Gasteiger partial charge in [0.15, 0.2) is 5.76 Å². The third-order valence-electron chi connectivity index (χ3n) is 6.33. The largest absolute Gasteiger partial charge is 0.461 e. The van der Waals surface area contributed by atoms with E-state index in [1.165, 1.54) is 4.52 Å². The molecule has 4 heterocycles. The summed E-state index contributed by atoms with van der Waals surface area (Å²) in [6.07, 6.45) is 4.38. The van der Waals surface area contributed by atoms with Gasteiger partial charge in [-0.2, -0.15) is 19.5 Å². The Balaban J connectivity index is 1.17. The van der Waals surface area contributed by atoms with E-state index in [1.807, 2.05) is 12.1 Å². The zero-order chi connectivity index (χ0) is 23.5. The van der Waals surface area contributed by atoms with E-state index >= 15 is 0 Å². The summed E-state index contributed by atoms with van der Waals surface area (Å²) in [6, 6.07) is 11.7. The maximum absolute atomic E-state index is 12.8. The number of ether oxygens (including phenoxy) is 1. The van der Waals surface area contributed by atoms with Crippen molar-refractivity contribution in [2.24, 2.45) is 5.41 Å². The molecule has 0 aliphatic carbocycles. The van der Waals surface area contributed by atoms with Crippen LogP contribution in [-0.4, -0.2) is 50.1 Å². The summed E-state index contributed by atoms with van der Waals surface area (Å²) in [6.45, 7) is 4.00. The van der Waals surface area contributed by atoms with Crippen LogP contribution in [0.2, 0.25) is 0 Å². The third kappa shape index (κ3) is 4.62. The summed E-state index contributed by atoms with van der Waals surface area (Å²) in [7, 11) is 0. The number of anilines is 2. The van der Waals surface area contributed by atoms with Crippen LogP contribution < -0.4 is 11.1 Å². The van der Waals surface area contributed by atoms with Crippen LogP contribution in [0.15, 0.2) is 47.1 Å². The Morgan fingerprint density at radius 2 is 1.88 bits per heavy atom. The monoisotopic (exact) mass is 461 g/mol. The molecule has 0 radical (unpaired) electrons. The molecule has 0 bridgehead atoms. The van der Waals surface area contributed by atoms with E-state index in [0.717, 1.165) is 30.4 Å². The number of nitrogens with one attached hydrogen (secondary N) is 1. The van der Waals surface area contributed by atoms with Gasteiger partial charge in [-0.3, -0.25) is 4.79 Å². The molecular formula is C24H27N7O3. The minimum atomic E-state index is -0.271. The van der Waals surface area contributed by atoms with Gasteiger partial charge in [0.05, 0.1) is 6.26 Å². The molecule has 10 heteroatoms. The number of hydrogen-bond acceptors (Lipinski definition) is 9. The van der Waals surface area contributed by atoms with Gasteiger partial charge in [-0.05, 0) is 42.5 Å². The maximum Gasteiger partial charge on any atom is 0.259 e. The molecule has 1 fully saturated rings. The molecule has 4 aromatic rings. The van der Waals surface area contributed by atoms with Crippen LogP contribution in [0.25, 0.3) is 17.4 Å². The summed E-state index contributed by atoms with van der Waals surface area (Å²) < 4.78 is 12.1. The number of furan rings is 1. The smallest absolute Gasteiger partial charge is 0.259 e. The number of nitrogens with zero attached hydrogens (tertiary/aromatic N) is 5. The first kappa shape index (κ1) is 22.0. The molecule has 0 spiro atoms. The second kappa shape index (κ2) is 9.22. The lowest BCUT2D eigenvalue weighted by atomic mass is 9.76. The third-order valence-corrected chi connectivity index (χ3v) is 6.33. The minimum absolute atomic E-state index is 0.185. The van der Waals surface area contributed by atoms with E-state index in [4.69, 9.17) is 14.9 Å². The Bertz CT molecular complexity index is 1280. The molecule has 34 heavy (non-hydrogen) atoms. The molecule has 0 atom stereocenters. The average molecular weight is 462 g/mol. The Labute approximate surface area is 196 Å². The van der Waals surface area contributed by atoms with Crippen molar-refractivity contribution < 1.29 is 13.9 Å². The molecule has 1 aromatic carbocycles. The molecule has 0 unspecified atom stereocenters. The van der Waals surface area contributed by atoms with Gasteiger partial charge in [0, 0.05) is 31.6 Å². The Morgan fingerprint density at radius 3 is 2.62 bits per heavy atom. The van der Waals surface area contributed by atoms with Crippen molar-refractivity contribution in [2.45, 2.75) is 32.6 Å². The zero-order valence-electron chi connectivity index (χ0n) is 19.0. The summed E-state index contributed by atoms with van der Waals surface area (Å²) >= 11 is 0. The molecule has 1 aliphatic heterocycles. The molecular weight excluding hydrogens is 434 g/mol. The van der Waals surface area contributed by atoms with Gasteiger partial charge in [0.25, 0.3) is 5.78 Å². The Kier molecular flexibility index (Phi) is 5.97. The average Bonchev–Trinajstić information content (AvgIpc) is 3.51. The van der Waals surface area contributed by atoms with Crippen LogP contribution in [0, 0.1) is 5.41 Å².